The summed E-state index contributed by atoms with van der Waals surface area (Å²) in [7, 11) is -3.41. The van der Waals surface area contributed by atoms with Crippen LogP contribution >= 0.6 is 19.2 Å². The topological polar surface area (TPSA) is 65.0 Å². The molecule has 0 unspecified atom stereocenters. The van der Waals surface area contributed by atoms with E-state index in [2.05, 4.69) is 19.9 Å². The second-order valence-electron chi connectivity index (χ2n) is 9.41. The number of rotatable bonds is 7. The number of halogens is 1. The largest absolute Gasteiger partial charge is 0.508 e. The minimum atomic E-state index is -3.41. The predicted octanol–water partition coefficient (Wildman–Crippen LogP) is 8.08. The van der Waals surface area contributed by atoms with E-state index in [-0.39, 0.29) is 18.4 Å². The molecule has 5 nitrogen and oxygen atoms in total. The Bertz CT molecular complexity index is 1220. The number of aromatic hydroxyl groups is 1. The van der Waals surface area contributed by atoms with Crippen molar-refractivity contribution in [3.05, 3.63) is 93.0 Å². The van der Waals surface area contributed by atoms with E-state index in [0.29, 0.717) is 29.5 Å². The Labute approximate surface area is 212 Å². The molecule has 7 heteroatoms. The van der Waals surface area contributed by atoms with Crippen LogP contribution in [0, 0.1) is 13.8 Å². The van der Waals surface area contributed by atoms with Gasteiger partial charge < -0.3 is 14.4 Å². The fourth-order valence-corrected chi connectivity index (χ4v) is 6.03. The van der Waals surface area contributed by atoms with Crippen LogP contribution in [0.5, 0.6) is 11.5 Å². The SMILES string of the molecule is Cc1cc(OC[P@]2(=O)OCC[C@H](c3ccc(Cl)cc3)O2)cc(C)c1Cc1ccc(O)c(C(C)C)c1. The van der Waals surface area contributed by atoms with Gasteiger partial charge in [-0.05, 0) is 89.9 Å². The van der Waals surface area contributed by atoms with Crippen LogP contribution in [0.15, 0.2) is 54.6 Å². The average Bonchev–Trinajstić information content (AvgIpc) is 2.81. The van der Waals surface area contributed by atoms with Crippen LogP contribution in [0.2, 0.25) is 5.02 Å². The van der Waals surface area contributed by atoms with Gasteiger partial charge in [0.1, 0.15) is 11.5 Å². The van der Waals surface area contributed by atoms with E-state index in [0.717, 1.165) is 34.2 Å². The monoisotopic (exact) mass is 514 g/mol. The maximum Gasteiger partial charge on any atom is 0.368 e. The number of phenolic OH excluding ortho intramolecular Hbond substituents is 1. The van der Waals surface area contributed by atoms with Crippen LogP contribution < -0.4 is 4.74 Å². The highest BCUT2D eigenvalue weighted by molar-refractivity contribution is 7.53. The molecule has 4 rings (SSSR count). The Morgan fingerprint density at radius 2 is 1.77 bits per heavy atom. The molecule has 3 aromatic rings. The van der Waals surface area contributed by atoms with Gasteiger partial charge in [0.15, 0.2) is 6.35 Å². The molecule has 35 heavy (non-hydrogen) atoms. The van der Waals surface area contributed by atoms with Gasteiger partial charge in [0, 0.05) is 11.4 Å². The third-order valence-electron chi connectivity index (χ3n) is 6.35. The molecule has 1 saturated heterocycles. The van der Waals surface area contributed by atoms with Gasteiger partial charge in [0.05, 0.1) is 12.7 Å². The van der Waals surface area contributed by atoms with E-state index >= 15 is 0 Å². The molecule has 1 aliphatic rings. The van der Waals surface area contributed by atoms with Crippen LogP contribution in [0.4, 0.5) is 0 Å². The molecule has 1 fully saturated rings. The summed E-state index contributed by atoms with van der Waals surface area (Å²) in [5.74, 6) is 1.22. The molecule has 1 aliphatic heterocycles. The molecule has 0 spiro atoms. The molecule has 3 aromatic carbocycles. The van der Waals surface area contributed by atoms with Gasteiger partial charge in [0.25, 0.3) is 0 Å². The Balaban J connectivity index is 1.44. The first-order chi connectivity index (χ1) is 16.6. The normalized spacial score (nSPS) is 20.2. The minimum absolute atomic E-state index is 0.148. The molecule has 1 heterocycles. The van der Waals surface area contributed by atoms with E-state index in [1.165, 1.54) is 5.56 Å². The highest BCUT2D eigenvalue weighted by Gasteiger charge is 2.35. The lowest BCUT2D eigenvalue weighted by Gasteiger charge is -2.30. The first-order valence-corrected chi connectivity index (χ1v) is 14.0. The van der Waals surface area contributed by atoms with Crippen molar-refractivity contribution in [1.29, 1.82) is 0 Å². The van der Waals surface area contributed by atoms with Crippen LogP contribution in [0.3, 0.4) is 0 Å². The summed E-state index contributed by atoms with van der Waals surface area (Å²) in [4.78, 5) is 0. The Morgan fingerprint density at radius 1 is 1.09 bits per heavy atom. The van der Waals surface area contributed by atoms with Crippen molar-refractivity contribution in [2.24, 2.45) is 0 Å². The molecule has 0 aliphatic carbocycles. The first kappa shape index (κ1) is 25.8. The van der Waals surface area contributed by atoms with Gasteiger partial charge in [-0.1, -0.05) is 49.7 Å². The third-order valence-corrected chi connectivity index (χ3v) is 8.20. The summed E-state index contributed by atoms with van der Waals surface area (Å²) in [5, 5.41) is 10.8. The first-order valence-electron chi connectivity index (χ1n) is 11.9. The average molecular weight is 515 g/mol. The molecule has 1 N–H and O–H groups in total. The van der Waals surface area contributed by atoms with Gasteiger partial charge in [-0.3, -0.25) is 9.09 Å². The van der Waals surface area contributed by atoms with Gasteiger partial charge >= 0.3 is 7.60 Å². The number of benzene rings is 3. The summed E-state index contributed by atoms with van der Waals surface area (Å²) < 4.78 is 30.5. The van der Waals surface area contributed by atoms with Crippen molar-refractivity contribution in [1.82, 2.24) is 0 Å². The molecule has 0 amide bonds. The number of hydrogen-bond donors (Lipinski definition) is 1. The quantitative estimate of drug-likeness (QED) is 0.323. The smallest absolute Gasteiger partial charge is 0.368 e. The van der Waals surface area contributed by atoms with Crippen LogP contribution in [-0.2, 0) is 20.0 Å². The molecular formula is C28H32ClO5P. The maximum atomic E-state index is 13.2. The lowest BCUT2D eigenvalue weighted by atomic mass is 9.93. The van der Waals surface area contributed by atoms with Crippen molar-refractivity contribution in [2.45, 2.75) is 52.6 Å². The highest BCUT2D eigenvalue weighted by Crippen LogP contribution is 2.56. The van der Waals surface area contributed by atoms with Crippen LogP contribution in [-0.4, -0.2) is 18.1 Å². The fraction of sp³-hybridized carbons (Fsp3) is 0.357. The Hall–Kier alpha value is -2.30. The van der Waals surface area contributed by atoms with Crippen molar-refractivity contribution < 1.29 is 23.5 Å². The molecule has 0 aromatic heterocycles. The van der Waals surface area contributed by atoms with E-state index < -0.39 is 7.60 Å². The van der Waals surface area contributed by atoms with E-state index in [1.54, 1.807) is 18.2 Å². The molecule has 0 bridgehead atoms. The summed E-state index contributed by atoms with van der Waals surface area (Å²) in [5.41, 5.74) is 6.39. The van der Waals surface area contributed by atoms with Gasteiger partial charge in [0.2, 0.25) is 0 Å². The number of aryl methyl sites for hydroxylation is 2. The summed E-state index contributed by atoms with van der Waals surface area (Å²) >= 11 is 5.98. The fourth-order valence-electron chi connectivity index (χ4n) is 4.40. The van der Waals surface area contributed by atoms with Crippen molar-refractivity contribution >= 4 is 19.2 Å². The molecular weight excluding hydrogens is 483 g/mol. The number of phenols is 1. The standard InChI is InChI=1S/C28H32ClO5P/c1-18(2)25-15-21(5-10-27(25)30)16-26-19(3)13-24(14-20(26)4)32-17-35(31)33-12-11-28(34-35)22-6-8-23(29)9-7-22/h5-10,13-15,18,28,30H,11-12,16-17H2,1-4H3/t28-,35+/m1/s1. The second-order valence-corrected chi connectivity index (χ2v) is 11.8. The summed E-state index contributed by atoms with van der Waals surface area (Å²) in [6.07, 6.45) is 0.910. The second kappa shape index (κ2) is 10.8. The van der Waals surface area contributed by atoms with E-state index in [4.69, 9.17) is 25.4 Å². The lowest BCUT2D eigenvalue weighted by Crippen LogP contribution is -2.17. The molecule has 2 atom stereocenters. The Kier molecular flexibility index (Phi) is 7.92. The Morgan fingerprint density at radius 3 is 2.43 bits per heavy atom. The third kappa shape index (κ3) is 6.29. The minimum Gasteiger partial charge on any atom is -0.508 e. The zero-order valence-electron chi connectivity index (χ0n) is 20.6. The molecule has 0 radical (unpaired) electrons. The molecule has 0 saturated carbocycles. The van der Waals surface area contributed by atoms with E-state index in [1.807, 2.05) is 44.2 Å². The zero-order valence-corrected chi connectivity index (χ0v) is 22.2. The van der Waals surface area contributed by atoms with Gasteiger partial charge in [-0.15, -0.1) is 0 Å². The predicted molar refractivity (Wildman–Crippen MR) is 140 cm³/mol. The maximum absolute atomic E-state index is 13.2. The van der Waals surface area contributed by atoms with Gasteiger partial charge in [-0.2, -0.15) is 0 Å². The molecule has 186 valence electrons. The zero-order chi connectivity index (χ0) is 25.2. The van der Waals surface area contributed by atoms with E-state index in [9.17, 15) is 9.67 Å². The van der Waals surface area contributed by atoms with Crippen LogP contribution in [0.1, 0.15) is 65.7 Å². The summed E-state index contributed by atoms with van der Waals surface area (Å²) in [6.45, 7) is 8.58. The summed E-state index contributed by atoms with van der Waals surface area (Å²) in [6, 6.07) is 17.1. The highest BCUT2D eigenvalue weighted by atomic mass is 35.5. The lowest BCUT2D eigenvalue weighted by molar-refractivity contribution is 0.0725. The van der Waals surface area contributed by atoms with Crippen molar-refractivity contribution in [2.75, 3.05) is 13.0 Å². The van der Waals surface area contributed by atoms with Crippen molar-refractivity contribution in [3.63, 3.8) is 0 Å². The number of hydrogen-bond acceptors (Lipinski definition) is 5. The van der Waals surface area contributed by atoms with Crippen LogP contribution in [0.25, 0.3) is 0 Å². The van der Waals surface area contributed by atoms with Crippen molar-refractivity contribution in [3.8, 4) is 11.5 Å². The number of ether oxygens (including phenoxy) is 1. The van der Waals surface area contributed by atoms with Gasteiger partial charge in [-0.25, -0.2) is 0 Å².